The van der Waals surface area contributed by atoms with Gasteiger partial charge in [0.15, 0.2) is 11.5 Å². The van der Waals surface area contributed by atoms with E-state index in [1.54, 1.807) is 14.2 Å². The van der Waals surface area contributed by atoms with Crippen LogP contribution in [0.1, 0.15) is 15.9 Å². The number of fused-ring (bicyclic) bond motifs is 1. The molecule has 1 aliphatic rings. The van der Waals surface area contributed by atoms with Crippen LogP contribution in [0.3, 0.4) is 0 Å². The summed E-state index contributed by atoms with van der Waals surface area (Å²) in [5.74, 6) is 1.90. The highest BCUT2D eigenvalue weighted by molar-refractivity contribution is 8.13. The van der Waals surface area contributed by atoms with Gasteiger partial charge in [-0.2, -0.15) is 0 Å². The molecule has 0 saturated heterocycles. The lowest BCUT2D eigenvalue weighted by atomic mass is 10.1. The lowest BCUT2D eigenvalue weighted by Crippen LogP contribution is -1.98. The van der Waals surface area contributed by atoms with Crippen molar-refractivity contribution < 1.29 is 14.3 Å². The number of thioether (sulfide) groups is 1. The Morgan fingerprint density at radius 3 is 2.71 bits per heavy atom. The van der Waals surface area contributed by atoms with E-state index in [-0.39, 0.29) is 5.12 Å². The average molecular weight is 210 g/mol. The van der Waals surface area contributed by atoms with E-state index in [9.17, 15) is 4.79 Å². The molecule has 1 aromatic carbocycles. The molecule has 0 radical (unpaired) electrons. The van der Waals surface area contributed by atoms with Gasteiger partial charge in [0, 0.05) is 5.75 Å². The summed E-state index contributed by atoms with van der Waals surface area (Å²) >= 11 is 1.30. The predicted octanol–water partition coefficient (Wildman–Crippen LogP) is 2.09. The van der Waals surface area contributed by atoms with Crippen molar-refractivity contribution in [1.29, 1.82) is 0 Å². The summed E-state index contributed by atoms with van der Waals surface area (Å²) in [4.78, 5) is 11.5. The summed E-state index contributed by atoms with van der Waals surface area (Å²) in [6.07, 6.45) is 0. The molecule has 0 N–H and O–H groups in total. The second kappa shape index (κ2) is 3.53. The Labute approximate surface area is 86.4 Å². The number of benzene rings is 1. The summed E-state index contributed by atoms with van der Waals surface area (Å²) in [5, 5.41) is 0.0655. The zero-order chi connectivity index (χ0) is 10.1. The fourth-order valence-corrected chi connectivity index (χ4v) is 2.42. The van der Waals surface area contributed by atoms with Crippen molar-refractivity contribution in [3.63, 3.8) is 0 Å². The molecular formula is C10H10O3S. The van der Waals surface area contributed by atoms with Gasteiger partial charge in [-0.3, -0.25) is 4.79 Å². The third-order valence-corrected chi connectivity index (χ3v) is 3.12. The molecule has 3 nitrogen and oxygen atoms in total. The summed E-state index contributed by atoms with van der Waals surface area (Å²) in [5.41, 5.74) is 1.69. The van der Waals surface area contributed by atoms with Crippen LogP contribution in [-0.4, -0.2) is 19.3 Å². The molecule has 0 unspecified atom stereocenters. The van der Waals surface area contributed by atoms with Gasteiger partial charge in [-0.05, 0) is 11.6 Å². The smallest absolute Gasteiger partial charge is 0.223 e. The Morgan fingerprint density at radius 1 is 1.29 bits per heavy atom. The van der Waals surface area contributed by atoms with Crippen LogP contribution >= 0.6 is 11.8 Å². The second-order valence-corrected chi connectivity index (χ2v) is 3.86. The van der Waals surface area contributed by atoms with Gasteiger partial charge in [0.05, 0.1) is 19.8 Å². The summed E-state index contributed by atoms with van der Waals surface area (Å²) in [6, 6.07) is 3.74. The first kappa shape index (κ1) is 9.40. The van der Waals surface area contributed by atoms with Gasteiger partial charge in [0.25, 0.3) is 0 Å². The van der Waals surface area contributed by atoms with Gasteiger partial charge >= 0.3 is 0 Å². The van der Waals surface area contributed by atoms with Crippen LogP contribution in [-0.2, 0) is 5.75 Å². The van der Waals surface area contributed by atoms with E-state index < -0.39 is 0 Å². The van der Waals surface area contributed by atoms with Gasteiger partial charge < -0.3 is 9.47 Å². The maximum atomic E-state index is 11.5. The highest BCUT2D eigenvalue weighted by Crippen LogP contribution is 2.41. The standard InChI is InChI=1S/C10H10O3S/c1-12-7-4-3-6-5-14-10(11)8(6)9(7)13-2/h3-4H,5H2,1-2H3. The Balaban J connectivity index is 2.63. The highest BCUT2D eigenvalue weighted by atomic mass is 32.2. The van der Waals surface area contributed by atoms with E-state index in [0.29, 0.717) is 17.1 Å². The summed E-state index contributed by atoms with van der Waals surface area (Å²) in [7, 11) is 3.12. The van der Waals surface area contributed by atoms with E-state index in [0.717, 1.165) is 11.3 Å². The SMILES string of the molecule is COc1ccc2c(c1OC)C(=O)SC2. The Hall–Kier alpha value is -1.16. The Morgan fingerprint density at radius 2 is 2.07 bits per heavy atom. The normalized spacial score (nSPS) is 14.0. The van der Waals surface area contributed by atoms with E-state index >= 15 is 0 Å². The van der Waals surface area contributed by atoms with Crippen molar-refractivity contribution in [3.05, 3.63) is 23.3 Å². The van der Waals surface area contributed by atoms with Crippen LogP contribution in [0, 0.1) is 0 Å². The van der Waals surface area contributed by atoms with Crippen molar-refractivity contribution in [2.75, 3.05) is 14.2 Å². The van der Waals surface area contributed by atoms with Crippen molar-refractivity contribution >= 4 is 16.9 Å². The van der Waals surface area contributed by atoms with Crippen LogP contribution < -0.4 is 9.47 Å². The summed E-state index contributed by atoms with van der Waals surface area (Å²) < 4.78 is 10.3. The van der Waals surface area contributed by atoms with E-state index in [1.807, 2.05) is 12.1 Å². The monoisotopic (exact) mass is 210 g/mol. The van der Waals surface area contributed by atoms with Crippen LogP contribution in [0.2, 0.25) is 0 Å². The number of rotatable bonds is 2. The Bertz CT molecular complexity index is 387. The predicted molar refractivity (Wildman–Crippen MR) is 55.2 cm³/mol. The molecule has 0 amide bonds. The van der Waals surface area contributed by atoms with Gasteiger partial charge in [0.2, 0.25) is 5.12 Å². The van der Waals surface area contributed by atoms with Crippen LogP contribution in [0.25, 0.3) is 0 Å². The van der Waals surface area contributed by atoms with Crippen molar-refractivity contribution in [2.45, 2.75) is 5.75 Å². The largest absolute Gasteiger partial charge is 0.493 e. The molecule has 4 heteroatoms. The summed E-state index contributed by atoms with van der Waals surface area (Å²) in [6.45, 7) is 0. The molecule has 0 bridgehead atoms. The zero-order valence-electron chi connectivity index (χ0n) is 7.99. The minimum Gasteiger partial charge on any atom is -0.493 e. The number of ether oxygens (including phenoxy) is 2. The number of hydrogen-bond donors (Lipinski definition) is 0. The molecule has 1 aromatic rings. The molecule has 74 valence electrons. The van der Waals surface area contributed by atoms with E-state index in [1.165, 1.54) is 11.8 Å². The highest BCUT2D eigenvalue weighted by Gasteiger charge is 2.26. The average Bonchev–Trinajstić information content (AvgIpc) is 2.59. The molecule has 0 spiro atoms. The fraction of sp³-hybridized carbons (Fsp3) is 0.300. The zero-order valence-corrected chi connectivity index (χ0v) is 8.81. The minimum atomic E-state index is 0.0655. The first-order chi connectivity index (χ1) is 6.77. The van der Waals surface area contributed by atoms with Gasteiger partial charge in [-0.25, -0.2) is 0 Å². The number of methoxy groups -OCH3 is 2. The van der Waals surface area contributed by atoms with E-state index in [4.69, 9.17) is 9.47 Å². The van der Waals surface area contributed by atoms with E-state index in [2.05, 4.69) is 0 Å². The van der Waals surface area contributed by atoms with Crippen molar-refractivity contribution in [2.24, 2.45) is 0 Å². The number of carbonyl (C=O) groups excluding carboxylic acids is 1. The topological polar surface area (TPSA) is 35.5 Å². The molecule has 1 heterocycles. The molecule has 0 saturated carbocycles. The third-order valence-electron chi connectivity index (χ3n) is 2.19. The maximum absolute atomic E-state index is 11.5. The molecule has 2 rings (SSSR count). The van der Waals surface area contributed by atoms with Crippen LogP contribution in [0.4, 0.5) is 0 Å². The maximum Gasteiger partial charge on any atom is 0.223 e. The third kappa shape index (κ3) is 1.26. The van der Waals surface area contributed by atoms with Gasteiger partial charge in [-0.15, -0.1) is 0 Å². The molecule has 1 aliphatic heterocycles. The Kier molecular flexibility index (Phi) is 2.37. The lowest BCUT2D eigenvalue weighted by molar-refractivity contribution is 0.108. The fourth-order valence-electron chi connectivity index (χ4n) is 1.53. The first-order valence-corrected chi connectivity index (χ1v) is 5.17. The van der Waals surface area contributed by atoms with Crippen molar-refractivity contribution in [1.82, 2.24) is 0 Å². The molecule has 0 atom stereocenters. The lowest BCUT2D eigenvalue weighted by Gasteiger charge is -2.10. The molecule has 14 heavy (non-hydrogen) atoms. The van der Waals surface area contributed by atoms with Crippen molar-refractivity contribution in [3.8, 4) is 11.5 Å². The first-order valence-electron chi connectivity index (χ1n) is 4.19. The van der Waals surface area contributed by atoms with Gasteiger partial charge in [0.1, 0.15) is 0 Å². The molecule has 0 aliphatic carbocycles. The molecular weight excluding hydrogens is 200 g/mol. The van der Waals surface area contributed by atoms with Gasteiger partial charge in [-0.1, -0.05) is 17.8 Å². The number of carbonyl (C=O) groups is 1. The quantitative estimate of drug-likeness (QED) is 0.748. The number of hydrogen-bond acceptors (Lipinski definition) is 4. The second-order valence-electron chi connectivity index (χ2n) is 2.91. The van der Waals surface area contributed by atoms with Crippen LogP contribution in [0.15, 0.2) is 12.1 Å². The molecule has 0 aromatic heterocycles. The molecule has 0 fully saturated rings. The van der Waals surface area contributed by atoms with Crippen LogP contribution in [0.5, 0.6) is 11.5 Å². The minimum absolute atomic E-state index is 0.0655.